The third kappa shape index (κ3) is 3.18. The van der Waals surface area contributed by atoms with E-state index in [0.717, 1.165) is 14.0 Å². The molecule has 2 nitrogen and oxygen atoms in total. The number of carbonyl (C=O) groups is 1. The van der Waals surface area contributed by atoms with Gasteiger partial charge in [-0.1, -0.05) is 0 Å². The topological polar surface area (TPSA) is 26.3 Å². The molecule has 19 heavy (non-hydrogen) atoms. The highest BCUT2D eigenvalue weighted by Gasteiger charge is 2.40. The molecule has 0 saturated carbocycles. The largest absolute Gasteiger partial charge is 0.465 e. The summed E-state index contributed by atoms with van der Waals surface area (Å²) in [5, 5.41) is 0. The second-order valence-corrected chi connectivity index (χ2v) is 3.70. The lowest BCUT2D eigenvalue weighted by Gasteiger charge is -2.17. The SMILES string of the molecule is COC(=O)c1cc(C)c(C(F)(F)F)cc1C(F)(F)F. The highest BCUT2D eigenvalue weighted by molar-refractivity contribution is 5.91. The first-order valence-corrected chi connectivity index (χ1v) is 4.86. The lowest BCUT2D eigenvalue weighted by molar-refractivity contribution is -0.143. The number of benzene rings is 1. The molecule has 0 unspecified atom stereocenters. The maximum Gasteiger partial charge on any atom is 0.417 e. The molecule has 0 aliphatic carbocycles. The van der Waals surface area contributed by atoms with Gasteiger partial charge in [-0.15, -0.1) is 0 Å². The molecule has 0 aliphatic rings. The minimum absolute atomic E-state index is 0.0818. The van der Waals surface area contributed by atoms with Crippen LogP contribution < -0.4 is 0 Å². The Hall–Kier alpha value is -1.73. The molecule has 0 bridgehead atoms. The zero-order valence-corrected chi connectivity index (χ0v) is 9.74. The van der Waals surface area contributed by atoms with Gasteiger partial charge in [-0.2, -0.15) is 26.3 Å². The zero-order valence-electron chi connectivity index (χ0n) is 9.74. The van der Waals surface area contributed by atoms with E-state index in [4.69, 9.17) is 0 Å². The Kier molecular flexibility index (Phi) is 3.83. The summed E-state index contributed by atoms with van der Waals surface area (Å²) in [5.74, 6) is -1.34. The van der Waals surface area contributed by atoms with Crippen molar-refractivity contribution in [3.05, 3.63) is 34.4 Å². The van der Waals surface area contributed by atoms with E-state index in [2.05, 4.69) is 4.74 Å². The lowest BCUT2D eigenvalue weighted by Crippen LogP contribution is -2.18. The van der Waals surface area contributed by atoms with Crippen molar-refractivity contribution in [2.75, 3.05) is 7.11 Å². The van der Waals surface area contributed by atoms with Crippen LogP contribution in [0.2, 0.25) is 0 Å². The van der Waals surface area contributed by atoms with Gasteiger partial charge in [0.15, 0.2) is 0 Å². The lowest BCUT2D eigenvalue weighted by atomic mass is 9.98. The van der Waals surface area contributed by atoms with Gasteiger partial charge in [-0.25, -0.2) is 4.79 Å². The van der Waals surface area contributed by atoms with Gasteiger partial charge in [-0.05, 0) is 24.6 Å². The fourth-order valence-corrected chi connectivity index (χ4v) is 1.53. The van der Waals surface area contributed by atoms with E-state index in [1.807, 2.05) is 0 Å². The zero-order chi connectivity index (χ0) is 15.0. The number of aryl methyl sites for hydroxylation is 1. The number of carbonyl (C=O) groups excluding carboxylic acids is 1. The summed E-state index contributed by atoms with van der Waals surface area (Å²) in [6.45, 7) is 0.968. The summed E-state index contributed by atoms with van der Waals surface area (Å²) in [5.41, 5.74) is -4.54. The Labute approximate surface area is 104 Å². The Morgan fingerprint density at radius 2 is 1.47 bits per heavy atom. The predicted molar refractivity (Wildman–Crippen MR) is 52.5 cm³/mol. The molecule has 106 valence electrons. The van der Waals surface area contributed by atoms with Crippen molar-refractivity contribution >= 4 is 5.97 Å². The second kappa shape index (κ2) is 4.75. The van der Waals surface area contributed by atoms with Crippen molar-refractivity contribution in [3.63, 3.8) is 0 Å². The van der Waals surface area contributed by atoms with Gasteiger partial charge in [-0.3, -0.25) is 0 Å². The minimum atomic E-state index is -5.09. The molecule has 1 aromatic carbocycles. The first-order chi connectivity index (χ1) is 8.48. The van der Waals surface area contributed by atoms with Crippen LogP contribution >= 0.6 is 0 Å². The van der Waals surface area contributed by atoms with E-state index >= 15 is 0 Å². The highest BCUT2D eigenvalue weighted by Crippen LogP contribution is 2.39. The van der Waals surface area contributed by atoms with Crippen LogP contribution in [-0.2, 0) is 17.1 Å². The Morgan fingerprint density at radius 1 is 1.00 bits per heavy atom. The van der Waals surface area contributed by atoms with Crippen LogP contribution in [0.15, 0.2) is 12.1 Å². The van der Waals surface area contributed by atoms with E-state index in [-0.39, 0.29) is 6.07 Å². The van der Waals surface area contributed by atoms with Crippen molar-refractivity contribution in [1.29, 1.82) is 0 Å². The van der Waals surface area contributed by atoms with Crippen LogP contribution in [0.5, 0.6) is 0 Å². The first kappa shape index (κ1) is 15.3. The van der Waals surface area contributed by atoms with E-state index in [1.54, 1.807) is 0 Å². The standard InChI is InChI=1S/C11H8F6O2/c1-5-3-6(9(18)19-2)8(11(15,16)17)4-7(5)10(12,13)14/h3-4H,1-2H3. The molecule has 1 rings (SSSR count). The molecule has 0 aromatic heterocycles. The van der Waals surface area contributed by atoms with Crippen molar-refractivity contribution < 1.29 is 35.9 Å². The minimum Gasteiger partial charge on any atom is -0.465 e. The van der Waals surface area contributed by atoms with Gasteiger partial charge >= 0.3 is 18.3 Å². The fourth-order valence-electron chi connectivity index (χ4n) is 1.53. The molecule has 0 saturated heterocycles. The highest BCUT2D eigenvalue weighted by atomic mass is 19.4. The summed E-state index contributed by atoms with van der Waals surface area (Å²) in [6.07, 6.45) is -10.0. The summed E-state index contributed by atoms with van der Waals surface area (Å²) in [6, 6.07) is 0.444. The van der Waals surface area contributed by atoms with Crippen LogP contribution in [0.1, 0.15) is 27.0 Å². The number of halogens is 6. The fraction of sp³-hybridized carbons (Fsp3) is 0.364. The second-order valence-electron chi connectivity index (χ2n) is 3.70. The summed E-state index contributed by atoms with van der Waals surface area (Å²) in [7, 11) is 0.843. The van der Waals surface area contributed by atoms with Crippen molar-refractivity contribution in [2.24, 2.45) is 0 Å². The Balaban J connectivity index is 3.60. The van der Waals surface area contributed by atoms with Crippen molar-refractivity contribution in [2.45, 2.75) is 19.3 Å². The molecule has 0 N–H and O–H groups in total. The molecule has 0 fully saturated rings. The quantitative estimate of drug-likeness (QED) is 0.579. The predicted octanol–water partition coefficient (Wildman–Crippen LogP) is 3.82. The van der Waals surface area contributed by atoms with E-state index in [9.17, 15) is 31.1 Å². The molecule has 0 atom stereocenters. The third-order valence-electron chi connectivity index (χ3n) is 2.38. The average molecular weight is 286 g/mol. The molecule has 0 radical (unpaired) electrons. The van der Waals surface area contributed by atoms with E-state index < -0.39 is 40.6 Å². The summed E-state index contributed by atoms with van der Waals surface area (Å²) < 4.78 is 79.8. The van der Waals surface area contributed by atoms with Gasteiger partial charge in [0.1, 0.15) is 0 Å². The van der Waals surface area contributed by atoms with Gasteiger partial charge in [0.2, 0.25) is 0 Å². The van der Waals surface area contributed by atoms with Crippen LogP contribution in [0.4, 0.5) is 26.3 Å². The number of alkyl halides is 6. The van der Waals surface area contributed by atoms with Crippen molar-refractivity contribution in [3.8, 4) is 0 Å². The van der Waals surface area contributed by atoms with Gasteiger partial charge in [0.05, 0.1) is 23.8 Å². The maximum absolute atomic E-state index is 12.7. The number of hydrogen-bond acceptors (Lipinski definition) is 2. The third-order valence-corrected chi connectivity index (χ3v) is 2.38. The van der Waals surface area contributed by atoms with Gasteiger partial charge in [0, 0.05) is 0 Å². The van der Waals surface area contributed by atoms with Crippen LogP contribution in [0.3, 0.4) is 0 Å². The molecule has 1 aromatic rings. The molecule has 0 amide bonds. The molecule has 0 aliphatic heterocycles. The first-order valence-electron chi connectivity index (χ1n) is 4.86. The smallest absolute Gasteiger partial charge is 0.417 e. The normalized spacial score (nSPS) is 12.4. The van der Waals surface area contributed by atoms with E-state index in [1.165, 1.54) is 0 Å². The summed E-state index contributed by atoms with van der Waals surface area (Å²) in [4.78, 5) is 11.2. The Morgan fingerprint density at radius 3 is 1.84 bits per heavy atom. The van der Waals surface area contributed by atoms with Gasteiger partial charge in [0.25, 0.3) is 0 Å². The molecular weight excluding hydrogens is 278 g/mol. The van der Waals surface area contributed by atoms with Gasteiger partial charge < -0.3 is 4.74 Å². The summed E-state index contributed by atoms with van der Waals surface area (Å²) >= 11 is 0. The number of ether oxygens (including phenoxy) is 1. The van der Waals surface area contributed by atoms with Crippen LogP contribution in [0.25, 0.3) is 0 Å². The van der Waals surface area contributed by atoms with Crippen LogP contribution in [0, 0.1) is 6.92 Å². The number of esters is 1. The van der Waals surface area contributed by atoms with Crippen molar-refractivity contribution in [1.82, 2.24) is 0 Å². The maximum atomic E-state index is 12.7. The molecule has 8 heteroatoms. The molecule has 0 heterocycles. The number of rotatable bonds is 1. The average Bonchev–Trinajstić information content (AvgIpc) is 2.24. The number of methoxy groups -OCH3 is 1. The Bertz CT molecular complexity index is 501. The van der Waals surface area contributed by atoms with Crippen LogP contribution in [-0.4, -0.2) is 13.1 Å². The van der Waals surface area contributed by atoms with E-state index in [0.29, 0.717) is 6.07 Å². The molecule has 0 spiro atoms. The monoisotopic (exact) mass is 286 g/mol. The molecular formula is C11H8F6O2. The number of hydrogen-bond donors (Lipinski definition) is 0.